The molecule has 1 aromatic heterocycles. The number of methoxy groups -OCH3 is 1. The van der Waals surface area contributed by atoms with Crippen LogP contribution in [-0.4, -0.2) is 49.8 Å². The summed E-state index contributed by atoms with van der Waals surface area (Å²) in [5.41, 5.74) is 3.05. The Balaban J connectivity index is 2.52. The molecule has 0 aliphatic heterocycles. The van der Waals surface area contributed by atoms with Gasteiger partial charge in [0.25, 0.3) is 0 Å². The first-order valence-electron chi connectivity index (χ1n) is 5.97. The van der Waals surface area contributed by atoms with Crippen molar-refractivity contribution < 1.29 is 4.74 Å². The predicted molar refractivity (Wildman–Crippen MR) is 72.5 cm³/mol. The average Bonchev–Trinajstić information content (AvgIpc) is 2.70. The van der Waals surface area contributed by atoms with E-state index in [-0.39, 0.29) is 0 Å². The van der Waals surface area contributed by atoms with Gasteiger partial charge in [-0.25, -0.2) is 4.98 Å². The molecule has 4 nitrogen and oxygen atoms in total. The van der Waals surface area contributed by atoms with Gasteiger partial charge < -0.3 is 10.1 Å². The van der Waals surface area contributed by atoms with Crippen LogP contribution in [0.25, 0.3) is 0 Å². The SMILES string of the molecule is CCNCC(COC)N(C)Cc1scnc1C. The van der Waals surface area contributed by atoms with Crippen molar-refractivity contribution in [2.45, 2.75) is 26.4 Å². The second-order valence-electron chi connectivity index (χ2n) is 4.19. The summed E-state index contributed by atoms with van der Waals surface area (Å²) in [5, 5.41) is 3.37. The molecule has 98 valence electrons. The number of nitrogens with one attached hydrogen (secondary N) is 1. The Hall–Kier alpha value is -0.490. The van der Waals surface area contributed by atoms with Crippen molar-refractivity contribution in [1.29, 1.82) is 0 Å². The third-order valence-corrected chi connectivity index (χ3v) is 3.77. The molecule has 1 aromatic rings. The van der Waals surface area contributed by atoms with E-state index in [1.165, 1.54) is 4.88 Å². The van der Waals surface area contributed by atoms with Gasteiger partial charge in [-0.3, -0.25) is 4.90 Å². The summed E-state index contributed by atoms with van der Waals surface area (Å²) in [6, 6.07) is 0.404. The second-order valence-corrected chi connectivity index (χ2v) is 5.13. The highest BCUT2D eigenvalue weighted by Crippen LogP contribution is 2.15. The van der Waals surface area contributed by atoms with Crippen molar-refractivity contribution in [3.63, 3.8) is 0 Å². The van der Waals surface area contributed by atoms with Gasteiger partial charge in [-0.1, -0.05) is 6.92 Å². The highest BCUT2D eigenvalue weighted by molar-refractivity contribution is 7.09. The number of hydrogen-bond acceptors (Lipinski definition) is 5. The van der Waals surface area contributed by atoms with E-state index in [0.29, 0.717) is 6.04 Å². The van der Waals surface area contributed by atoms with Gasteiger partial charge in [0, 0.05) is 31.1 Å². The number of likely N-dealkylation sites (N-methyl/N-ethyl adjacent to an activating group) is 2. The zero-order chi connectivity index (χ0) is 12.7. The molecule has 0 aromatic carbocycles. The quantitative estimate of drug-likeness (QED) is 0.766. The molecule has 0 saturated carbocycles. The Kier molecular flexibility index (Phi) is 6.65. The Morgan fingerprint density at radius 2 is 2.35 bits per heavy atom. The molecule has 1 unspecified atom stereocenters. The van der Waals surface area contributed by atoms with Crippen molar-refractivity contribution in [2.24, 2.45) is 0 Å². The van der Waals surface area contributed by atoms with Crippen molar-refractivity contribution in [3.05, 3.63) is 16.1 Å². The van der Waals surface area contributed by atoms with Gasteiger partial charge in [-0.2, -0.15) is 0 Å². The Morgan fingerprint density at radius 3 is 2.88 bits per heavy atom. The maximum Gasteiger partial charge on any atom is 0.0798 e. The highest BCUT2D eigenvalue weighted by atomic mass is 32.1. The van der Waals surface area contributed by atoms with E-state index in [1.807, 2.05) is 5.51 Å². The summed E-state index contributed by atoms with van der Waals surface area (Å²) in [5.74, 6) is 0. The Labute approximate surface area is 108 Å². The summed E-state index contributed by atoms with van der Waals surface area (Å²) in [6.45, 7) is 7.83. The Morgan fingerprint density at radius 1 is 1.59 bits per heavy atom. The molecule has 0 radical (unpaired) electrons. The number of rotatable bonds is 8. The Bertz CT molecular complexity index is 316. The fourth-order valence-electron chi connectivity index (χ4n) is 1.68. The fourth-order valence-corrected chi connectivity index (χ4v) is 2.52. The highest BCUT2D eigenvalue weighted by Gasteiger charge is 2.15. The molecule has 0 bridgehead atoms. The number of thiazole rings is 1. The average molecular weight is 257 g/mol. The van der Waals surface area contributed by atoms with E-state index in [9.17, 15) is 0 Å². The normalized spacial score (nSPS) is 13.2. The maximum atomic E-state index is 5.28. The van der Waals surface area contributed by atoms with Crippen LogP contribution in [0.1, 0.15) is 17.5 Å². The lowest BCUT2D eigenvalue weighted by atomic mass is 10.2. The summed E-state index contributed by atoms with van der Waals surface area (Å²) >= 11 is 1.72. The van der Waals surface area contributed by atoms with Gasteiger partial charge in [0.2, 0.25) is 0 Å². The lowest BCUT2D eigenvalue weighted by molar-refractivity contribution is 0.102. The van der Waals surface area contributed by atoms with E-state index < -0.39 is 0 Å². The van der Waals surface area contributed by atoms with Crippen LogP contribution >= 0.6 is 11.3 Å². The predicted octanol–water partition coefficient (Wildman–Crippen LogP) is 1.51. The van der Waals surface area contributed by atoms with E-state index in [2.05, 4.69) is 36.1 Å². The van der Waals surface area contributed by atoms with E-state index in [4.69, 9.17) is 4.74 Å². The van der Waals surface area contributed by atoms with Crippen molar-refractivity contribution in [1.82, 2.24) is 15.2 Å². The standard InChI is InChI=1S/C12H23N3OS/c1-5-13-6-11(8-16-4)15(3)7-12-10(2)14-9-17-12/h9,11,13H,5-8H2,1-4H3. The van der Waals surface area contributed by atoms with Crippen LogP contribution in [0.4, 0.5) is 0 Å². The van der Waals surface area contributed by atoms with Crippen molar-refractivity contribution in [3.8, 4) is 0 Å². The van der Waals surface area contributed by atoms with Crippen LogP contribution in [0.2, 0.25) is 0 Å². The second kappa shape index (κ2) is 7.76. The minimum absolute atomic E-state index is 0.404. The van der Waals surface area contributed by atoms with E-state index >= 15 is 0 Å². The minimum atomic E-state index is 0.404. The van der Waals surface area contributed by atoms with Gasteiger partial charge in [-0.15, -0.1) is 11.3 Å². The van der Waals surface area contributed by atoms with Gasteiger partial charge in [0.05, 0.1) is 17.8 Å². The number of hydrogen-bond donors (Lipinski definition) is 1. The molecule has 0 spiro atoms. The fraction of sp³-hybridized carbons (Fsp3) is 0.750. The van der Waals surface area contributed by atoms with Crippen LogP contribution < -0.4 is 5.32 Å². The first-order chi connectivity index (χ1) is 8.19. The summed E-state index contributed by atoms with van der Waals surface area (Å²) in [6.07, 6.45) is 0. The molecule has 0 aliphatic carbocycles. The lowest BCUT2D eigenvalue weighted by Gasteiger charge is -2.27. The summed E-state index contributed by atoms with van der Waals surface area (Å²) in [4.78, 5) is 7.95. The lowest BCUT2D eigenvalue weighted by Crippen LogP contribution is -2.42. The summed E-state index contributed by atoms with van der Waals surface area (Å²) in [7, 11) is 3.89. The van der Waals surface area contributed by atoms with Crippen molar-refractivity contribution >= 4 is 11.3 Å². The molecule has 1 N–H and O–H groups in total. The first kappa shape index (κ1) is 14.6. The molecule has 0 saturated heterocycles. The molecule has 0 fully saturated rings. The van der Waals surface area contributed by atoms with Crippen LogP contribution in [0.3, 0.4) is 0 Å². The van der Waals surface area contributed by atoms with Gasteiger partial charge in [-0.05, 0) is 20.5 Å². The zero-order valence-electron chi connectivity index (χ0n) is 11.2. The largest absolute Gasteiger partial charge is 0.383 e. The molecule has 5 heteroatoms. The van der Waals surface area contributed by atoms with Crippen molar-refractivity contribution in [2.75, 3.05) is 33.9 Å². The van der Waals surface area contributed by atoms with Crippen LogP contribution in [0.15, 0.2) is 5.51 Å². The number of ether oxygens (including phenoxy) is 1. The van der Waals surface area contributed by atoms with Gasteiger partial charge in [0.1, 0.15) is 0 Å². The molecular formula is C12H23N3OS. The van der Waals surface area contributed by atoms with E-state index in [1.54, 1.807) is 18.4 Å². The molecule has 1 atom stereocenters. The molecule has 0 aliphatic rings. The molecule has 1 heterocycles. The third kappa shape index (κ3) is 4.71. The van der Waals surface area contributed by atoms with Gasteiger partial charge in [0.15, 0.2) is 0 Å². The monoisotopic (exact) mass is 257 g/mol. The van der Waals surface area contributed by atoms with Crippen LogP contribution in [0.5, 0.6) is 0 Å². The molecular weight excluding hydrogens is 234 g/mol. The molecule has 1 rings (SSSR count). The number of aromatic nitrogens is 1. The summed E-state index contributed by atoms with van der Waals surface area (Å²) < 4.78 is 5.28. The number of nitrogens with zero attached hydrogens (tertiary/aromatic N) is 2. The van der Waals surface area contributed by atoms with Gasteiger partial charge >= 0.3 is 0 Å². The minimum Gasteiger partial charge on any atom is -0.383 e. The molecule has 17 heavy (non-hydrogen) atoms. The first-order valence-corrected chi connectivity index (χ1v) is 6.85. The number of aryl methyl sites for hydroxylation is 1. The smallest absolute Gasteiger partial charge is 0.0798 e. The molecule has 0 amide bonds. The topological polar surface area (TPSA) is 37.4 Å². The van der Waals surface area contributed by atoms with Crippen LogP contribution in [-0.2, 0) is 11.3 Å². The third-order valence-electron chi connectivity index (χ3n) is 2.85. The zero-order valence-corrected chi connectivity index (χ0v) is 12.0. The van der Waals surface area contributed by atoms with E-state index in [0.717, 1.165) is 31.9 Å². The maximum absolute atomic E-state index is 5.28. The van der Waals surface area contributed by atoms with Crippen LogP contribution in [0, 0.1) is 6.92 Å².